The van der Waals surface area contributed by atoms with Gasteiger partial charge in [-0.3, -0.25) is 0 Å². The van der Waals surface area contributed by atoms with Crippen LogP contribution in [0.25, 0.3) is 0 Å². The predicted molar refractivity (Wildman–Crippen MR) is 59.6 cm³/mol. The number of nitrogens with zero attached hydrogens (tertiary/aromatic N) is 3. The van der Waals surface area contributed by atoms with Crippen LogP contribution < -0.4 is 4.72 Å². The SMILES string of the molecule is CC(c1ccc(Cl)nn1)=S(C)(=O)NC#N. The van der Waals surface area contributed by atoms with Crippen molar-refractivity contribution in [2.24, 2.45) is 0 Å². The molecule has 1 heterocycles. The van der Waals surface area contributed by atoms with Crippen molar-refractivity contribution in [1.82, 2.24) is 14.9 Å². The van der Waals surface area contributed by atoms with E-state index in [2.05, 4.69) is 14.9 Å². The molecule has 0 aliphatic heterocycles. The predicted octanol–water partition coefficient (Wildman–Crippen LogP) is 0.570. The van der Waals surface area contributed by atoms with E-state index < -0.39 is 9.71 Å². The maximum absolute atomic E-state index is 11.9. The van der Waals surface area contributed by atoms with Crippen LogP contribution in [0.2, 0.25) is 5.15 Å². The number of nitrogens with one attached hydrogen (secondary N) is 1. The Morgan fingerprint density at radius 3 is 2.73 bits per heavy atom. The number of aromatic nitrogens is 2. The van der Waals surface area contributed by atoms with Gasteiger partial charge in [0, 0.05) is 11.1 Å². The van der Waals surface area contributed by atoms with Crippen LogP contribution in [0.1, 0.15) is 12.6 Å². The lowest BCUT2D eigenvalue weighted by Crippen LogP contribution is -2.24. The van der Waals surface area contributed by atoms with Gasteiger partial charge in [0.2, 0.25) is 0 Å². The van der Waals surface area contributed by atoms with E-state index in [9.17, 15) is 4.21 Å². The third kappa shape index (κ3) is 2.81. The highest BCUT2D eigenvalue weighted by atomic mass is 35.5. The van der Waals surface area contributed by atoms with Crippen molar-refractivity contribution >= 4 is 26.2 Å². The Labute approximate surface area is 93.2 Å². The Bertz CT molecular complexity index is 510. The smallest absolute Gasteiger partial charge is 0.188 e. The monoisotopic (exact) mass is 244 g/mol. The van der Waals surface area contributed by atoms with Crippen LogP contribution in [0.4, 0.5) is 0 Å². The Morgan fingerprint density at radius 2 is 2.27 bits per heavy atom. The highest BCUT2D eigenvalue weighted by molar-refractivity contribution is 8.00. The number of hydrogen-bond donors (Lipinski definition) is 1. The van der Waals surface area contributed by atoms with Crippen LogP contribution in [0.15, 0.2) is 12.1 Å². The largest absolute Gasteiger partial charge is 0.249 e. The van der Waals surface area contributed by atoms with Gasteiger partial charge in [0.1, 0.15) is 0 Å². The molecule has 15 heavy (non-hydrogen) atoms. The number of rotatable bonds is 2. The highest BCUT2D eigenvalue weighted by Gasteiger charge is 2.08. The van der Waals surface area contributed by atoms with Crippen LogP contribution in [0, 0.1) is 11.5 Å². The second-order valence-corrected chi connectivity index (χ2v) is 5.75. The van der Waals surface area contributed by atoms with Gasteiger partial charge in [0.05, 0.1) is 15.4 Å². The first-order chi connectivity index (χ1) is 6.97. The summed E-state index contributed by atoms with van der Waals surface area (Å²) in [7, 11) is -2.57. The van der Waals surface area contributed by atoms with E-state index in [0.717, 1.165) is 0 Å². The van der Waals surface area contributed by atoms with E-state index in [0.29, 0.717) is 10.6 Å². The zero-order valence-corrected chi connectivity index (χ0v) is 9.76. The molecule has 7 heteroatoms. The molecule has 1 aromatic rings. The first-order valence-electron chi connectivity index (χ1n) is 3.95. The van der Waals surface area contributed by atoms with E-state index in [-0.39, 0.29) is 5.15 Å². The van der Waals surface area contributed by atoms with Gasteiger partial charge >= 0.3 is 0 Å². The van der Waals surface area contributed by atoms with Crippen LogP contribution in [0.5, 0.6) is 0 Å². The van der Waals surface area contributed by atoms with E-state index in [1.165, 1.54) is 6.26 Å². The van der Waals surface area contributed by atoms with E-state index in [1.54, 1.807) is 25.2 Å². The molecule has 0 aliphatic rings. The molecule has 1 rings (SSSR count). The fourth-order valence-electron chi connectivity index (χ4n) is 0.867. The summed E-state index contributed by atoms with van der Waals surface area (Å²) in [4.78, 5) is 0.466. The lowest BCUT2D eigenvalue weighted by Gasteiger charge is -2.06. The van der Waals surface area contributed by atoms with E-state index in [1.807, 2.05) is 0 Å². The van der Waals surface area contributed by atoms with Gasteiger partial charge in [-0.25, -0.2) is 8.93 Å². The maximum Gasteiger partial charge on any atom is 0.188 e. The Kier molecular flexibility index (Phi) is 3.50. The molecule has 0 aromatic carbocycles. The van der Waals surface area contributed by atoms with Gasteiger partial charge in [-0.2, -0.15) is 5.26 Å². The maximum atomic E-state index is 11.9. The summed E-state index contributed by atoms with van der Waals surface area (Å²) in [5.74, 6) is 0. The Morgan fingerprint density at radius 1 is 1.60 bits per heavy atom. The van der Waals surface area contributed by atoms with Crippen LogP contribution in [-0.4, -0.2) is 25.5 Å². The van der Waals surface area contributed by atoms with Crippen LogP contribution in [-0.2, 0) is 9.71 Å². The summed E-state index contributed by atoms with van der Waals surface area (Å²) in [5, 5.41) is 16.1. The van der Waals surface area contributed by atoms with Gasteiger partial charge < -0.3 is 0 Å². The van der Waals surface area contributed by atoms with Crippen molar-refractivity contribution in [2.45, 2.75) is 6.92 Å². The minimum absolute atomic E-state index is 0.266. The third-order valence-electron chi connectivity index (χ3n) is 1.82. The number of nitriles is 1. The summed E-state index contributed by atoms with van der Waals surface area (Å²) < 4.78 is 14.1. The van der Waals surface area contributed by atoms with Crippen molar-refractivity contribution in [3.8, 4) is 6.19 Å². The van der Waals surface area contributed by atoms with Crippen molar-refractivity contribution in [3.63, 3.8) is 0 Å². The van der Waals surface area contributed by atoms with Gasteiger partial charge in [0.25, 0.3) is 0 Å². The third-order valence-corrected chi connectivity index (χ3v) is 3.88. The second kappa shape index (κ2) is 4.47. The first-order valence-corrected chi connectivity index (χ1v) is 6.30. The minimum atomic E-state index is -2.57. The molecular formula is C8H9ClN4OS. The summed E-state index contributed by atoms with van der Waals surface area (Å²) >= 11 is 5.57. The molecule has 0 fully saturated rings. The molecule has 1 unspecified atom stereocenters. The van der Waals surface area contributed by atoms with Crippen LogP contribution in [0.3, 0.4) is 0 Å². The standard InChI is InChI=1S/C8H9ClN4OS/c1-6(15(2,14)11-5-10)7-3-4-8(9)13-12-7/h3-4H,1-2H3,(H,11,14). The molecule has 0 radical (unpaired) electrons. The lowest BCUT2D eigenvalue weighted by molar-refractivity contribution is 0.681. The molecule has 0 aliphatic carbocycles. The fourth-order valence-corrected chi connectivity index (χ4v) is 1.80. The molecule has 0 bridgehead atoms. The summed E-state index contributed by atoms with van der Waals surface area (Å²) in [5.41, 5.74) is 0.453. The van der Waals surface area contributed by atoms with Gasteiger partial charge in [-0.1, -0.05) is 11.6 Å². The summed E-state index contributed by atoms with van der Waals surface area (Å²) in [6.07, 6.45) is 3.08. The van der Waals surface area contributed by atoms with Crippen molar-refractivity contribution in [1.29, 1.82) is 5.26 Å². The minimum Gasteiger partial charge on any atom is -0.249 e. The van der Waals surface area contributed by atoms with Crippen molar-refractivity contribution < 1.29 is 4.21 Å². The molecule has 0 saturated heterocycles. The number of hydrogen-bond acceptors (Lipinski definition) is 4. The fraction of sp³-hybridized carbons (Fsp3) is 0.250. The van der Waals surface area contributed by atoms with Gasteiger partial charge in [-0.15, -0.1) is 10.2 Å². The molecule has 0 saturated carbocycles. The van der Waals surface area contributed by atoms with E-state index >= 15 is 0 Å². The van der Waals surface area contributed by atoms with Gasteiger partial charge in [-0.05, 0) is 19.1 Å². The highest BCUT2D eigenvalue weighted by Crippen LogP contribution is 2.04. The molecule has 1 aromatic heterocycles. The molecular weight excluding hydrogens is 236 g/mol. The summed E-state index contributed by atoms with van der Waals surface area (Å²) in [6, 6.07) is 3.15. The lowest BCUT2D eigenvalue weighted by atomic mass is 10.3. The average molecular weight is 245 g/mol. The number of halogens is 1. The van der Waals surface area contributed by atoms with Crippen LogP contribution >= 0.6 is 11.6 Å². The van der Waals surface area contributed by atoms with Crippen molar-refractivity contribution in [3.05, 3.63) is 23.0 Å². The Balaban J connectivity index is 3.26. The molecule has 5 nitrogen and oxygen atoms in total. The zero-order valence-electron chi connectivity index (χ0n) is 8.19. The van der Waals surface area contributed by atoms with E-state index in [4.69, 9.17) is 16.9 Å². The second-order valence-electron chi connectivity index (χ2n) is 2.85. The molecule has 0 spiro atoms. The first kappa shape index (κ1) is 11.8. The van der Waals surface area contributed by atoms with Crippen molar-refractivity contribution in [2.75, 3.05) is 6.26 Å². The Hall–Kier alpha value is -1.32. The topological polar surface area (TPSA) is 78.7 Å². The normalized spacial score (nSPS) is 13.7. The molecule has 0 amide bonds. The average Bonchev–Trinajstić information content (AvgIpc) is 2.18. The summed E-state index contributed by atoms with van der Waals surface area (Å²) in [6.45, 7) is 1.63. The molecule has 1 N–H and O–H groups in total. The molecule has 80 valence electrons. The van der Waals surface area contributed by atoms with Gasteiger partial charge in [0.15, 0.2) is 11.3 Å². The molecule has 1 atom stereocenters. The zero-order chi connectivity index (χ0) is 11.5. The quantitative estimate of drug-likeness (QED) is 0.357.